The van der Waals surface area contributed by atoms with Crippen LogP contribution in [0.5, 0.6) is 0 Å². The number of nitrogens with zero attached hydrogens (tertiary/aromatic N) is 2. The van der Waals surface area contributed by atoms with Gasteiger partial charge in [0.25, 0.3) is 0 Å². The second kappa shape index (κ2) is 5.88. The molecule has 1 N–H and O–H groups in total. The molecule has 1 atom stereocenters. The van der Waals surface area contributed by atoms with Crippen molar-refractivity contribution in [2.45, 2.75) is 33.4 Å². The molecule has 0 aliphatic heterocycles. The number of rotatable bonds is 6. The van der Waals surface area contributed by atoms with Crippen molar-refractivity contribution < 1.29 is 4.52 Å². The van der Waals surface area contributed by atoms with E-state index in [1.165, 1.54) is 0 Å². The van der Waals surface area contributed by atoms with Crippen LogP contribution < -0.4 is 5.32 Å². The van der Waals surface area contributed by atoms with E-state index in [1.807, 2.05) is 13.0 Å². The Balaban J connectivity index is 2.25. The standard InChI is InChI=1S/C11H21N3O/c1-5-14(4)8-10(3)12-7-11-6-9(2)13-15-11/h6,10,12H,5,7-8H2,1-4H3. The summed E-state index contributed by atoms with van der Waals surface area (Å²) in [5.74, 6) is 0.901. The minimum absolute atomic E-state index is 0.459. The summed E-state index contributed by atoms with van der Waals surface area (Å²) in [6.07, 6.45) is 0. The van der Waals surface area contributed by atoms with E-state index in [-0.39, 0.29) is 0 Å². The van der Waals surface area contributed by atoms with Crippen LogP contribution in [-0.2, 0) is 6.54 Å². The van der Waals surface area contributed by atoms with E-state index in [1.54, 1.807) is 0 Å². The molecular weight excluding hydrogens is 190 g/mol. The van der Waals surface area contributed by atoms with E-state index in [0.29, 0.717) is 6.04 Å². The van der Waals surface area contributed by atoms with Gasteiger partial charge in [0.2, 0.25) is 0 Å². The van der Waals surface area contributed by atoms with E-state index in [0.717, 1.165) is 31.1 Å². The van der Waals surface area contributed by atoms with E-state index < -0.39 is 0 Å². The van der Waals surface area contributed by atoms with Gasteiger partial charge in [-0.3, -0.25) is 0 Å². The lowest BCUT2D eigenvalue weighted by Crippen LogP contribution is -2.36. The highest BCUT2D eigenvalue weighted by molar-refractivity contribution is 5.02. The summed E-state index contributed by atoms with van der Waals surface area (Å²) in [7, 11) is 2.12. The average Bonchev–Trinajstić information content (AvgIpc) is 2.61. The third-order valence-electron chi connectivity index (χ3n) is 2.43. The van der Waals surface area contributed by atoms with Crippen LogP contribution >= 0.6 is 0 Å². The molecule has 1 aromatic heterocycles. The van der Waals surface area contributed by atoms with Crippen LogP contribution in [0.2, 0.25) is 0 Å². The van der Waals surface area contributed by atoms with Gasteiger partial charge in [0, 0.05) is 18.7 Å². The summed E-state index contributed by atoms with van der Waals surface area (Å²) in [6, 6.07) is 2.42. The molecular formula is C11H21N3O. The zero-order valence-electron chi connectivity index (χ0n) is 10.1. The first-order valence-electron chi connectivity index (χ1n) is 5.46. The summed E-state index contributed by atoms with van der Waals surface area (Å²) in [5.41, 5.74) is 0.935. The molecule has 86 valence electrons. The van der Waals surface area contributed by atoms with Crippen LogP contribution in [-0.4, -0.2) is 36.2 Å². The number of aryl methyl sites for hydroxylation is 1. The Morgan fingerprint density at radius 1 is 1.60 bits per heavy atom. The summed E-state index contributed by atoms with van der Waals surface area (Å²) in [5, 5.41) is 7.25. The molecule has 0 aromatic carbocycles. The molecule has 0 aliphatic carbocycles. The Morgan fingerprint density at radius 3 is 2.87 bits per heavy atom. The van der Waals surface area contributed by atoms with Crippen molar-refractivity contribution >= 4 is 0 Å². The summed E-state index contributed by atoms with van der Waals surface area (Å²) < 4.78 is 5.12. The van der Waals surface area contributed by atoms with Gasteiger partial charge < -0.3 is 14.7 Å². The van der Waals surface area contributed by atoms with Gasteiger partial charge in [-0.2, -0.15) is 0 Å². The van der Waals surface area contributed by atoms with Crippen molar-refractivity contribution in [2.75, 3.05) is 20.1 Å². The maximum atomic E-state index is 5.12. The number of nitrogens with one attached hydrogen (secondary N) is 1. The fraction of sp³-hybridized carbons (Fsp3) is 0.727. The van der Waals surface area contributed by atoms with Gasteiger partial charge in [-0.1, -0.05) is 12.1 Å². The number of likely N-dealkylation sites (N-methyl/N-ethyl adjacent to an activating group) is 1. The number of hydrogen-bond donors (Lipinski definition) is 1. The normalized spacial score (nSPS) is 13.4. The third-order valence-corrected chi connectivity index (χ3v) is 2.43. The Labute approximate surface area is 91.6 Å². The van der Waals surface area contributed by atoms with Gasteiger partial charge in [-0.15, -0.1) is 0 Å². The molecule has 0 bridgehead atoms. The van der Waals surface area contributed by atoms with Crippen LogP contribution in [0.15, 0.2) is 10.6 Å². The van der Waals surface area contributed by atoms with Gasteiger partial charge in [0.05, 0.1) is 12.2 Å². The van der Waals surface area contributed by atoms with E-state index >= 15 is 0 Å². The summed E-state index contributed by atoms with van der Waals surface area (Å²) >= 11 is 0. The second-order valence-electron chi connectivity index (χ2n) is 4.07. The topological polar surface area (TPSA) is 41.3 Å². The fourth-order valence-electron chi connectivity index (χ4n) is 1.44. The lowest BCUT2D eigenvalue weighted by atomic mass is 10.3. The van der Waals surface area contributed by atoms with Crippen LogP contribution in [0, 0.1) is 6.92 Å². The number of hydrogen-bond acceptors (Lipinski definition) is 4. The number of aromatic nitrogens is 1. The quantitative estimate of drug-likeness (QED) is 0.772. The third kappa shape index (κ3) is 4.44. The highest BCUT2D eigenvalue weighted by atomic mass is 16.5. The van der Waals surface area contributed by atoms with Crippen molar-refractivity contribution in [3.8, 4) is 0 Å². The minimum Gasteiger partial charge on any atom is -0.360 e. The van der Waals surface area contributed by atoms with Crippen molar-refractivity contribution in [3.05, 3.63) is 17.5 Å². The molecule has 1 rings (SSSR count). The van der Waals surface area contributed by atoms with Gasteiger partial charge in [-0.25, -0.2) is 0 Å². The molecule has 0 saturated carbocycles. The van der Waals surface area contributed by atoms with Gasteiger partial charge in [0.15, 0.2) is 5.76 Å². The van der Waals surface area contributed by atoms with E-state index in [9.17, 15) is 0 Å². The predicted octanol–water partition coefficient (Wildman–Crippen LogP) is 1.41. The van der Waals surface area contributed by atoms with Gasteiger partial charge >= 0.3 is 0 Å². The van der Waals surface area contributed by atoms with Crippen LogP contribution in [0.3, 0.4) is 0 Å². The fourth-order valence-corrected chi connectivity index (χ4v) is 1.44. The second-order valence-corrected chi connectivity index (χ2v) is 4.07. The molecule has 4 nitrogen and oxygen atoms in total. The summed E-state index contributed by atoms with van der Waals surface area (Å²) in [6.45, 7) is 9.14. The lowest BCUT2D eigenvalue weighted by Gasteiger charge is -2.20. The average molecular weight is 211 g/mol. The van der Waals surface area contributed by atoms with Crippen molar-refractivity contribution in [1.82, 2.24) is 15.4 Å². The van der Waals surface area contributed by atoms with Crippen molar-refractivity contribution in [1.29, 1.82) is 0 Å². The SMILES string of the molecule is CCN(C)CC(C)NCc1cc(C)no1. The molecule has 0 spiro atoms. The molecule has 4 heteroatoms. The monoisotopic (exact) mass is 211 g/mol. The molecule has 15 heavy (non-hydrogen) atoms. The first-order chi connectivity index (χ1) is 7.11. The molecule has 0 fully saturated rings. The Bertz CT molecular complexity index is 285. The Kier molecular flexibility index (Phi) is 4.78. The van der Waals surface area contributed by atoms with Crippen LogP contribution in [0.4, 0.5) is 0 Å². The molecule has 1 aromatic rings. The van der Waals surface area contributed by atoms with Crippen LogP contribution in [0.25, 0.3) is 0 Å². The minimum atomic E-state index is 0.459. The first kappa shape index (κ1) is 12.2. The van der Waals surface area contributed by atoms with Crippen LogP contribution in [0.1, 0.15) is 25.3 Å². The van der Waals surface area contributed by atoms with E-state index in [4.69, 9.17) is 4.52 Å². The molecule has 0 aliphatic rings. The highest BCUT2D eigenvalue weighted by Gasteiger charge is 2.06. The Hall–Kier alpha value is -0.870. The largest absolute Gasteiger partial charge is 0.360 e. The predicted molar refractivity (Wildman–Crippen MR) is 60.7 cm³/mol. The molecule has 1 heterocycles. The molecule has 0 radical (unpaired) electrons. The molecule has 0 saturated heterocycles. The van der Waals surface area contributed by atoms with Gasteiger partial charge in [-0.05, 0) is 27.4 Å². The zero-order chi connectivity index (χ0) is 11.3. The van der Waals surface area contributed by atoms with Crippen molar-refractivity contribution in [3.63, 3.8) is 0 Å². The maximum Gasteiger partial charge on any atom is 0.150 e. The first-order valence-corrected chi connectivity index (χ1v) is 5.46. The molecule has 0 amide bonds. The molecule has 1 unspecified atom stereocenters. The van der Waals surface area contributed by atoms with Gasteiger partial charge in [0.1, 0.15) is 0 Å². The zero-order valence-corrected chi connectivity index (χ0v) is 10.1. The smallest absolute Gasteiger partial charge is 0.150 e. The summed E-state index contributed by atoms with van der Waals surface area (Å²) in [4.78, 5) is 2.28. The Morgan fingerprint density at radius 2 is 2.33 bits per heavy atom. The van der Waals surface area contributed by atoms with E-state index in [2.05, 4.69) is 36.3 Å². The highest BCUT2D eigenvalue weighted by Crippen LogP contribution is 2.01. The maximum absolute atomic E-state index is 5.12. The van der Waals surface area contributed by atoms with Crippen molar-refractivity contribution in [2.24, 2.45) is 0 Å². The lowest BCUT2D eigenvalue weighted by molar-refractivity contribution is 0.298.